The van der Waals surface area contributed by atoms with Gasteiger partial charge in [-0.25, -0.2) is 0 Å². The zero-order valence-corrected chi connectivity index (χ0v) is 11.7. The molecule has 1 fully saturated rings. The lowest BCUT2D eigenvalue weighted by Crippen LogP contribution is -2.20. The van der Waals surface area contributed by atoms with E-state index in [0.717, 1.165) is 32.2 Å². The van der Waals surface area contributed by atoms with Crippen molar-refractivity contribution in [2.24, 2.45) is 5.92 Å². The number of rotatable bonds is 4. The molecule has 0 amide bonds. The number of hydrogen-bond donors (Lipinski definition) is 1. The van der Waals surface area contributed by atoms with E-state index in [-0.39, 0.29) is 24.8 Å². The highest BCUT2D eigenvalue weighted by Crippen LogP contribution is 2.16. The minimum Gasteiger partial charge on any atom is -0.381 e. The average molecular weight is 282 g/mol. The fourth-order valence-corrected chi connectivity index (χ4v) is 2.00. The van der Waals surface area contributed by atoms with E-state index in [2.05, 4.69) is 21.3 Å². The standard InChI is InChI=1S/C11H19N3O.2ClH/c1-12-6-11-7-13-14(9-11)8-10-2-4-15-5-3-10;;/h7,9-10,12H,2-6,8H2,1H3;2*1H. The summed E-state index contributed by atoms with van der Waals surface area (Å²) in [4.78, 5) is 0. The number of nitrogens with one attached hydrogen (secondary N) is 1. The van der Waals surface area contributed by atoms with Gasteiger partial charge in [0.2, 0.25) is 0 Å². The number of halogens is 2. The molecule has 0 radical (unpaired) electrons. The van der Waals surface area contributed by atoms with Crippen molar-refractivity contribution < 1.29 is 4.74 Å². The Hall–Kier alpha value is -0.290. The Morgan fingerprint density at radius 3 is 2.76 bits per heavy atom. The van der Waals surface area contributed by atoms with Gasteiger partial charge in [0.25, 0.3) is 0 Å². The first kappa shape index (κ1) is 16.7. The minimum absolute atomic E-state index is 0. The average Bonchev–Trinajstić information content (AvgIpc) is 2.68. The Morgan fingerprint density at radius 1 is 1.41 bits per heavy atom. The lowest BCUT2D eigenvalue weighted by atomic mass is 10.0. The highest BCUT2D eigenvalue weighted by atomic mass is 35.5. The van der Waals surface area contributed by atoms with Crippen LogP contribution in [0.4, 0.5) is 0 Å². The molecule has 0 aliphatic carbocycles. The molecule has 1 aliphatic rings. The molecular weight excluding hydrogens is 261 g/mol. The van der Waals surface area contributed by atoms with Gasteiger partial charge >= 0.3 is 0 Å². The molecule has 1 aromatic heterocycles. The van der Waals surface area contributed by atoms with Crippen molar-refractivity contribution in [1.82, 2.24) is 15.1 Å². The molecule has 1 aromatic rings. The second kappa shape index (κ2) is 8.75. The monoisotopic (exact) mass is 281 g/mol. The van der Waals surface area contributed by atoms with Crippen LogP contribution >= 0.6 is 24.8 Å². The molecule has 2 heterocycles. The molecular formula is C11H21Cl2N3O. The second-order valence-electron chi connectivity index (χ2n) is 4.16. The zero-order valence-electron chi connectivity index (χ0n) is 10.1. The molecule has 0 atom stereocenters. The van der Waals surface area contributed by atoms with Gasteiger partial charge in [-0.3, -0.25) is 4.68 Å². The van der Waals surface area contributed by atoms with E-state index in [0.29, 0.717) is 0 Å². The Kier molecular flexibility index (Phi) is 8.60. The van der Waals surface area contributed by atoms with Crippen LogP contribution in [0, 0.1) is 5.92 Å². The van der Waals surface area contributed by atoms with E-state index in [9.17, 15) is 0 Å². The van der Waals surface area contributed by atoms with E-state index in [4.69, 9.17) is 4.74 Å². The van der Waals surface area contributed by atoms with Gasteiger partial charge in [-0.05, 0) is 25.8 Å². The molecule has 0 saturated carbocycles. The lowest BCUT2D eigenvalue weighted by Gasteiger charge is -2.21. The summed E-state index contributed by atoms with van der Waals surface area (Å²) in [6.45, 7) is 3.76. The molecule has 1 N–H and O–H groups in total. The predicted octanol–water partition coefficient (Wildman–Crippen LogP) is 1.87. The van der Waals surface area contributed by atoms with Crippen molar-refractivity contribution in [3.05, 3.63) is 18.0 Å². The van der Waals surface area contributed by atoms with Gasteiger partial charge in [-0.15, -0.1) is 24.8 Å². The maximum absolute atomic E-state index is 5.34. The first-order chi connectivity index (χ1) is 7.38. The molecule has 0 unspecified atom stereocenters. The largest absolute Gasteiger partial charge is 0.381 e. The topological polar surface area (TPSA) is 39.1 Å². The number of hydrogen-bond acceptors (Lipinski definition) is 3. The normalized spacial score (nSPS) is 16.1. The van der Waals surface area contributed by atoms with Crippen LogP contribution in [0.5, 0.6) is 0 Å². The third-order valence-corrected chi connectivity index (χ3v) is 2.85. The third-order valence-electron chi connectivity index (χ3n) is 2.85. The Morgan fingerprint density at radius 2 is 2.12 bits per heavy atom. The van der Waals surface area contributed by atoms with Crippen LogP contribution in [0.25, 0.3) is 0 Å². The predicted molar refractivity (Wildman–Crippen MR) is 73.0 cm³/mol. The van der Waals surface area contributed by atoms with Gasteiger partial charge in [-0.1, -0.05) is 0 Å². The van der Waals surface area contributed by atoms with E-state index in [1.807, 2.05) is 13.2 Å². The Bertz CT molecular complexity index is 301. The van der Waals surface area contributed by atoms with Crippen LogP contribution in [0.3, 0.4) is 0 Å². The van der Waals surface area contributed by atoms with Crippen LogP contribution in [-0.2, 0) is 17.8 Å². The van der Waals surface area contributed by atoms with Crippen molar-refractivity contribution >= 4 is 24.8 Å². The van der Waals surface area contributed by atoms with Crippen molar-refractivity contribution in [3.8, 4) is 0 Å². The first-order valence-electron chi connectivity index (χ1n) is 5.62. The van der Waals surface area contributed by atoms with Crippen LogP contribution in [0.2, 0.25) is 0 Å². The minimum atomic E-state index is 0. The van der Waals surface area contributed by atoms with Crippen molar-refractivity contribution in [2.75, 3.05) is 20.3 Å². The van der Waals surface area contributed by atoms with E-state index < -0.39 is 0 Å². The number of nitrogens with zero attached hydrogens (tertiary/aromatic N) is 2. The van der Waals surface area contributed by atoms with Crippen molar-refractivity contribution in [3.63, 3.8) is 0 Å². The first-order valence-corrected chi connectivity index (χ1v) is 5.62. The molecule has 17 heavy (non-hydrogen) atoms. The van der Waals surface area contributed by atoms with Crippen molar-refractivity contribution in [1.29, 1.82) is 0 Å². The second-order valence-corrected chi connectivity index (χ2v) is 4.16. The van der Waals surface area contributed by atoms with Gasteiger partial charge in [-0.2, -0.15) is 5.10 Å². The molecule has 6 heteroatoms. The number of ether oxygens (including phenoxy) is 1. The molecule has 1 saturated heterocycles. The Labute approximate surface area is 115 Å². The maximum atomic E-state index is 5.34. The highest BCUT2D eigenvalue weighted by Gasteiger charge is 2.14. The van der Waals surface area contributed by atoms with Crippen LogP contribution in [-0.4, -0.2) is 30.0 Å². The maximum Gasteiger partial charge on any atom is 0.0534 e. The summed E-state index contributed by atoms with van der Waals surface area (Å²) < 4.78 is 7.40. The molecule has 2 rings (SSSR count). The zero-order chi connectivity index (χ0) is 10.5. The van der Waals surface area contributed by atoms with Gasteiger partial charge in [0.05, 0.1) is 6.20 Å². The molecule has 4 nitrogen and oxygen atoms in total. The van der Waals surface area contributed by atoms with Gasteiger partial charge in [0.1, 0.15) is 0 Å². The number of aromatic nitrogens is 2. The summed E-state index contributed by atoms with van der Waals surface area (Å²) >= 11 is 0. The molecule has 100 valence electrons. The van der Waals surface area contributed by atoms with Crippen molar-refractivity contribution in [2.45, 2.75) is 25.9 Å². The molecule has 1 aliphatic heterocycles. The van der Waals surface area contributed by atoms with E-state index in [1.54, 1.807) is 0 Å². The fourth-order valence-electron chi connectivity index (χ4n) is 2.00. The summed E-state index contributed by atoms with van der Waals surface area (Å²) in [5, 5.41) is 7.49. The van der Waals surface area contributed by atoms with Crippen LogP contribution < -0.4 is 5.32 Å². The fraction of sp³-hybridized carbons (Fsp3) is 0.727. The quantitative estimate of drug-likeness (QED) is 0.916. The highest BCUT2D eigenvalue weighted by molar-refractivity contribution is 5.85. The van der Waals surface area contributed by atoms with Gasteiger partial charge < -0.3 is 10.1 Å². The summed E-state index contributed by atoms with van der Waals surface area (Å²) in [7, 11) is 1.95. The van der Waals surface area contributed by atoms with Gasteiger partial charge in [0.15, 0.2) is 0 Å². The summed E-state index contributed by atoms with van der Waals surface area (Å²) in [6.07, 6.45) is 6.41. The molecule has 0 aromatic carbocycles. The summed E-state index contributed by atoms with van der Waals surface area (Å²) in [5.74, 6) is 0.737. The summed E-state index contributed by atoms with van der Waals surface area (Å²) in [6, 6.07) is 0. The van der Waals surface area contributed by atoms with Crippen LogP contribution in [0.15, 0.2) is 12.4 Å². The summed E-state index contributed by atoms with van der Waals surface area (Å²) in [5.41, 5.74) is 1.25. The van der Waals surface area contributed by atoms with E-state index in [1.165, 1.54) is 18.4 Å². The molecule has 0 bridgehead atoms. The molecule has 0 spiro atoms. The van der Waals surface area contributed by atoms with E-state index >= 15 is 0 Å². The third kappa shape index (κ3) is 5.25. The smallest absolute Gasteiger partial charge is 0.0534 e. The van der Waals surface area contributed by atoms with Crippen LogP contribution in [0.1, 0.15) is 18.4 Å². The lowest BCUT2D eigenvalue weighted by molar-refractivity contribution is 0.0601. The SMILES string of the molecule is CNCc1cnn(CC2CCOCC2)c1.Cl.Cl. The van der Waals surface area contributed by atoms with Gasteiger partial charge in [0, 0.05) is 38.1 Å². The Balaban J connectivity index is 0.00000128.